The fourth-order valence-electron chi connectivity index (χ4n) is 1.79. The van der Waals surface area contributed by atoms with Gasteiger partial charge in [0.2, 0.25) is 5.43 Å². The third-order valence-electron chi connectivity index (χ3n) is 2.86. The molecule has 0 bridgehead atoms. The maximum Gasteiger partial charge on any atom is 0.268 e. The number of benzene rings is 1. The lowest BCUT2D eigenvalue weighted by molar-refractivity contribution is 0.415. The summed E-state index contributed by atoms with van der Waals surface area (Å²) in [4.78, 5) is 24.3. The van der Waals surface area contributed by atoms with Gasteiger partial charge in [-0.05, 0) is 12.1 Å². The molecule has 0 aliphatic heterocycles. The molecule has 0 saturated carbocycles. The molecule has 2 aromatic carbocycles. The van der Waals surface area contributed by atoms with Gasteiger partial charge in [0.25, 0.3) is 5.43 Å². The summed E-state index contributed by atoms with van der Waals surface area (Å²) in [7, 11) is 5.23. The molecule has 0 amide bonds. The average molecular weight is 247 g/mol. The zero-order valence-electron chi connectivity index (χ0n) is 10.4. The Labute approximate surface area is 104 Å². The first-order chi connectivity index (χ1) is 8.47. The lowest BCUT2D eigenvalue weighted by atomic mass is 9.98. The van der Waals surface area contributed by atoms with E-state index in [-0.39, 0.29) is 5.56 Å². The van der Waals surface area contributed by atoms with Crippen LogP contribution < -0.4 is 20.5 Å². The van der Waals surface area contributed by atoms with Gasteiger partial charge in [0.1, 0.15) is 5.75 Å². The zero-order chi connectivity index (χ0) is 13.4. The normalized spacial score (nSPS) is 10.6. The molecule has 94 valence electrons. The number of nitrogens with zero attached hydrogens (tertiary/aromatic N) is 1. The van der Waals surface area contributed by atoms with Crippen LogP contribution in [0.25, 0.3) is 11.1 Å². The van der Waals surface area contributed by atoms with Crippen molar-refractivity contribution in [3.8, 4) is 22.6 Å². The number of methoxy groups -OCH3 is 1. The highest BCUT2D eigenvalue weighted by molar-refractivity contribution is 5.80. The van der Waals surface area contributed by atoms with E-state index in [1.165, 1.54) is 7.11 Å². The highest BCUT2D eigenvalue weighted by Crippen LogP contribution is 2.35. The second-order valence-corrected chi connectivity index (χ2v) is 4.16. The third kappa shape index (κ3) is 1.64. The Morgan fingerprint density at radius 2 is 1.83 bits per heavy atom. The van der Waals surface area contributed by atoms with Gasteiger partial charge in [-0.25, -0.2) is 0 Å². The molecule has 0 unspecified atom stereocenters. The van der Waals surface area contributed by atoms with Gasteiger partial charge in [0, 0.05) is 31.4 Å². The number of anilines is 1. The van der Waals surface area contributed by atoms with Crippen molar-refractivity contribution in [1.29, 1.82) is 0 Å². The van der Waals surface area contributed by atoms with Gasteiger partial charge in [-0.1, -0.05) is 0 Å². The van der Waals surface area contributed by atoms with Gasteiger partial charge < -0.3 is 14.7 Å². The Kier molecular flexibility index (Phi) is 2.82. The van der Waals surface area contributed by atoms with E-state index in [2.05, 4.69) is 0 Å². The van der Waals surface area contributed by atoms with Crippen LogP contribution in [0.5, 0.6) is 11.5 Å². The van der Waals surface area contributed by atoms with E-state index in [1.54, 1.807) is 18.2 Å². The largest absolute Gasteiger partial charge is 0.503 e. The Hall–Kier alpha value is -2.30. The molecule has 0 aliphatic rings. The number of hydrogen-bond donors (Lipinski definition) is 1. The van der Waals surface area contributed by atoms with E-state index < -0.39 is 16.6 Å². The van der Waals surface area contributed by atoms with E-state index in [0.29, 0.717) is 11.3 Å². The van der Waals surface area contributed by atoms with Crippen LogP contribution >= 0.6 is 0 Å². The molecule has 5 heteroatoms. The lowest BCUT2D eigenvalue weighted by Gasteiger charge is -2.16. The SMILES string of the molecule is COc1cc(N(C)C)ccc1-c1c(O)c(=O)c1=O. The maximum absolute atomic E-state index is 11.4. The first-order valence-corrected chi connectivity index (χ1v) is 5.35. The van der Waals surface area contributed by atoms with E-state index in [1.807, 2.05) is 19.0 Å². The van der Waals surface area contributed by atoms with Crippen molar-refractivity contribution < 1.29 is 9.84 Å². The molecule has 0 fully saturated rings. The van der Waals surface area contributed by atoms with Gasteiger partial charge in [-0.15, -0.1) is 0 Å². The quantitative estimate of drug-likeness (QED) is 0.810. The van der Waals surface area contributed by atoms with Crippen molar-refractivity contribution in [3.05, 3.63) is 38.6 Å². The monoisotopic (exact) mass is 247 g/mol. The highest BCUT2D eigenvalue weighted by atomic mass is 16.5. The maximum atomic E-state index is 11.4. The lowest BCUT2D eigenvalue weighted by Crippen LogP contribution is -2.31. The number of hydrogen-bond acceptors (Lipinski definition) is 5. The molecule has 0 atom stereocenters. The summed E-state index contributed by atoms with van der Waals surface area (Å²) >= 11 is 0. The fraction of sp³-hybridized carbons (Fsp3) is 0.231. The van der Waals surface area contributed by atoms with Gasteiger partial charge in [0.15, 0.2) is 5.75 Å². The first kappa shape index (κ1) is 12.2. The van der Waals surface area contributed by atoms with Crippen molar-refractivity contribution in [2.45, 2.75) is 0 Å². The highest BCUT2D eigenvalue weighted by Gasteiger charge is 2.24. The summed E-state index contributed by atoms with van der Waals surface area (Å²) in [5.74, 6) is -0.0421. The molecule has 0 radical (unpaired) electrons. The Morgan fingerprint density at radius 1 is 1.17 bits per heavy atom. The average Bonchev–Trinajstić information content (AvgIpc) is 2.38. The smallest absolute Gasteiger partial charge is 0.268 e. The van der Waals surface area contributed by atoms with Crippen LogP contribution in [0, 0.1) is 0 Å². The van der Waals surface area contributed by atoms with E-state index in [4.69, 9.17) is 4.74 Å². The van der Waals surface area contributed by atoms with Gasteiger partial charge in [0.05, 0.1) is 12.7 Å². The van der Waals surface area contributed by atoms with Crippen molar-refractivity contribution in [2.24, 2.45) is 0 Å². The van der Waals surface area contributed by atoms with Crippen LogP contribution in [-0.2, 0) is 0 Å². The molecule has 0 saturated heterocycles. The minimum atomic E-state index is -0.844. The Balaban J connectivity index is 2.60. The van der Waals surface area contributed by atoms with E-state index >= 15 is 0 Å². The minimum absolute atomic E-state index is 0.0298. The predicted octanol–water partition coefficient (Wildman–Crippen LogP) is 0.730. The minimum Gasteiger partial charge on any atom is -0.503 e. The van der Waals surface area contributed by atoms with Gasteiger partial charge in [-0.3, -0.25) is 9.59 Å². The molecule has 0 aliphatic carbocycles. The number of rotatable bonds is 3. The molecule has 0 spiro atoms. The molecule has 2 aromatic rings. The van der Waals surface area contributed by atoms with Crippen LogP contribution in [0.3, 0.4) is 0 Å². The van der Waals surface area contributed by atoms with Gasteiger partial charge in [-0.2, -0.15) is 0 Å². The van der Waals surface area contributed by atoms with E-state index in [9.17, 15) is 14.7 Å². The Bertz CT molecular complexity index is 666. The Morgan fingerprint density at radius 3 is 2.33 bits per heavy atom. The molecule has 0 aromatic heterocycles. The molecule has 1 N–H and O–H groups in total. The molecule has 2 rings (SSSR count). The second kappa shape index (κ2) is 4.18. The van der Waals surface area contributed by atoms with Crippen molar-refractivity contribution in [1.82, 2.24) is 0 Å². The summed E-state index contributed by atoms with van der Waals surface area (Å²) < 4.78 is 5.19. The van der Waals surface area contributed by atoms with Gasteiger partial charge >= 0.3 is 0 Å². The second-order valence-electron chi connectivity index (χ2n) is 4.16. The van der Waals surface area contributed by atoms with Crippen LogP contribution in [-0.4, -0.2) is 26.3 Å². The molecule has 0 heterocycles. The number of ether oxygens (including phenoxy) is 1. The standard InChI is InChI=1S/C13H13NO4/c1-14(2)7-4-5-8(9(6-7)18-3)10-11(15)13(17)12(10)16/h4-6,15H,1-3H3. The predicted molar refractivity (Wildman–Crippen MR) is 69.3 cm³/mol. The summed E-state index contributed by atoms with van der Waals surface area (Å²) in [6.07, 6.45) is 0. The van der Waals surface area contributed by atoms with E-state index in [0.717, 1.165) is 5.69 Å². The summed E-state index contributed by atoms with van der Waals surface area (Å²) in [6, 6.07) is 5.18. The molecular weight excluding hydrogens is 234 g/mol. The van der Waals surface area contributed by atoms with Crippen molar-refractivity contribution in [2.75, 3.05) is 26.1 Å². The molecule has 5 nitrogen and oxygen atoms in total. The zero-order valence-corrected chi connectivity index (χ0v) is 10.4. The van der Waals surface area contributed by atoms with Crippen LogP contribution in [0.15, 0.2) is 27.8 Å². The summed E-state index contributed by atoms with van der Waals surface area (Å²) in [6.45, 7) is 0. The third-order valence-corrected chi connectivity index (χ3v) is 2.86. The van der Waals surface area contributed by atoms with Crippen LogP contribution in [0.4, 0.5) is 5.69 Å². The van der Waals surface area contributed by atoms with Crippen LogP contribution in [0.1, 0.15) is 0 Å². The fourth-order valence-corrected chi connectivity index (χ4v) is 1.79. The molecular formula is C13H13NO4. The summed E-state index contributed by atoms with van der Waals surface area (Å²) in [5, 5.41) is 9.44. The first-order valence-electron chi connectivity index (χ1n) is 5.35. The van der Waals surface area contributed by atoms with Crippen molar-refractivity contribution >= 4 is 5.69 Å². The van der Waals surface area contributed by atoms with Crippen LogP contribution in [0.2, 0.25) is 0 Å². The molecule has 18 heavy (non-hydrogen) atoms. The topological polar surface area (TPSA) is 66.8 Å². The number of aromatic hydroxyl groups is 1. The summed E-state index contributed by atoms with van der Waals surface area (Å²) in [5.41, 5.74) is -0.159. The van der Waals surface area contributed by atoms with Crippen molar-refractivity contribution in [3.63, 3.8) is 0 Å².